The Morgan fingerprint density at radius 3 is 2.73 bits per heavy atom. The molecule has 1 aromatic heterocycles. The van der Waals surface area contributed by atoms with Gasteiger partial charge in [-0.25, -0.2) is 4.68 Å². The zero-order chi connectivity index (χ0) is 16.8. The number of aliphatic hydroxyl groups is 1. The van der Waals surface area contributed by atoms with Crippen LogP contribution in [0, 0.1) is 5.41 Å². The number of aryl methyl sites for hydroxylation is 1. The Morgan fingerprint density at radius 2 is 2.14 bits per heavy atom. The van der Waals surface area contributed by atoms with Gasteiger partial charge in [-0.1, -0.05) is 27.2 Å². The summed E-state index contributed by atoms with van der Waals surface area (Å²) < 4.78 is 1.33. The Balaban J connectivity index is 2.71. The first-order chi connectivity index (χ1) is 10.2. The summed E-state index contributed by atoms with van der Waals surface area (Å²) in [6.07, 6.45) is 1.98. The number of aliphatic hydroxyl groups excluding tert-OH is 1. The molecule has 0 aliphatic heterocycles. The van der Waals surface area contributed by atoms with Gasteiger partial charge in [0.1, 0.15) is 5.69 Å². The fourth-order valence-corrected chi connectivity index (χ4v) is 2.32. The third-order valence-corrected chi connectivity index (χ3v) is 3.40. The first-order valence-electron chi connectivity index (χ1n) is 7.79. The highest BCUT2D eigenvalue weighted by Gasteiger charge is 2.21. The van der Waals surface area contributed by atoms with Gasteiger partial charge in [-0.05, 0) is 31.2 Å². The summed E-state index contributed by atoms with van der Waals surface area (Å²) in [5.74, 6) is -0.302. The molecule has 1 heterocycles. The zero-order valence-electron chi connectivity index (χ0n) is 13.9. The van der Waals surface area contributed by atoms with E-state index in [-0.39, 0.29) is 22.6 Å². The molecule has 0 radical (unpaired) electrons. The van der Waals surface area contributed by atoms with Crippen molar-refractivity contribution in [2.24, 2.45) is 5.41 Å². The van der Waals surface area contributed by atoms with Crippen LogP contribution >= 0.6 is 0 Å². The second-order valence-electron chi connectivity index (χ2n) is 6.53. The molecular weight excluding hydrogens is 282 g/mol. The van der Waals surface area contributed by atoms with Gasteiger partial charge in [0, 0.05) is 19.2 Å². The molecule has 1 aromatic rings. The van der Waals surface area contributed by atoms with Gasteiger partial charge in [-0.15, -0.1) is 0 Å². The lowest BCUT2D eigenvalue weighted by atomic mass is 9.87. The van der Waals surface area contributed by atoms with Crippen LogP contribution in [0.4, 0.5) is 0 Å². The van der Waals surface area contributed by atoms with Crippen molar-refractivity contribution in [3.63, 3.8) is 0 Å². The Labute approximate surface area is 131 Å². The van der Waals surface area contributed by atoms with Gasteiger partial charge in [0.05, 0.1) is 6.10 Å². The maximum Gasteiger partial charge on any atom is 0.271 e. The van der Waals surface area contributed by atoms with Crippen molar-refractivity contribution in [1.82, 2.24) is 15.1 Å². The molecule has 0 bridgehead atoms. The van der Waals surface area contributed by atoms with Crippen LogP contribution in [0.3, 0.4) is 0 Å². The summed E-state index contributed by atoms with van der Waals surface area (Å²) in [6.45, 7) is 8.68. The second-order valence-corrected chi connectivity index (χ2v) is 6.53. The Morgan fingerprint density at radius 1 is 1.45 bits per heavy atom. The van der Waals surface area contributed by atoms with Crippen LogP contribution < -0.4 is 10.9 Å². The van der Waals surface area contributed by atoms with Gasteiger partial charge >= 0.3 is 0 Å². The number of hydrogen-bond donors (Lipinski definition) is 2. The van der Waals surface area contributed by atoms with Crippen molar-refractivity contribution in [2.45, 2.75) is 59.6 Å². The van der Waals surface area contributed by atoms with Crippen molar-refractivity contribution in [3.8, 4) is 0 Å². The molecule has 1 unspecified atom stereocenters. The van der Waals surface area contributed by atoms with Crippen LogP contribution in [0.15, 0.2) is 16.9 Å². The minimum absolute atomic E-state index is 0.195. The van der Waals surface area contributed by atoms with E-state index < -0.39 is 6.10 Å². The molecule has 0 saturated carbocycles. The maximum atomic E-state index is 12.2. The third kappa shape index (κ3) is 5.97. The van der Waals surface area contributed by atoms with E-state index >= 15 is 0 Å². The molecule has 0 aliphatic carbocycles. The summed E-state index contributed by atoms with van der Waals surface area (Å²) in [5.41, 5.74) is -0.163. The van der Waals surface area contributed by atoms with E-state index in [4.69, 9.17) is 0 Å². The number of rotatable bonds is 8. The largest absolute Gasteiger partial charge is 0.393 e. The van der Waals surface area contributed by atoms with E-state index in [1.165, 1.54) is 16.8 Å². The van der Waals surface area contributed by atoms with Crippen LogP contribution in [0.2, 0.25) is 0 Å². The second kappa shape index (κ2) is 8.08. The summed E-state index contributed by atoms with van der Waals surface area (Å²) in [7, 11) is 0. The van der Waals surface area contributed by atoms with Gasteiger partial charge < -0.3 is 10.4 Å². The lowest BCUT2D eigenvalue weighted by Crippen LogP contribution is -2.37. The number of nitrogens with one attached hydrogen (secondary N) is 1. The van der Waals surface area contributed by atoms with E-state index in [1.807, 2.05) is 20.8 Å². The van der Waals surface area contributed by atoms with Crippen LogP contribution in [-0.4, -0.2) is 33.4 Å². The van der Waals surface area contributed by atoms with Crippen molar-refractivity contribution in [1.29, 1.82) is 0 Å². The summed E-state index contributed by atoms with van der Waals surface area (Å²) in [4.78, 5) is 23.8. The fraction of sp³-hybridized carbons (Fsp3) is 0.688. The number of unbranched alkanes of at least 4 members (excludes halogenated alkanes) is 1. The molecule has 1 atom stereocenters. The molecule has 124 valence electrons. The van der Waals surface area contributed by atoms with E-state index in [9.17, 15) is 14.7 Å². The predicted octanol–water partition coefficient (Wildman–Crippen LogP) is 1.57. The summed E-state index contributed by atoms with van der Waals surface area (Å²) in [5, 5.41) is 16.4. The SMILES string of the molecule is CCCCn1nc(C(=O)NCC(C)(C)CC(C)O)ccc1=O. The molecule has 0 spiro atoms. The van der Waals surface area contributed by atoms with Crippen molar-refractivity contribution < 1.29 is 9.90 Å². The smallest absolute Gasteiger partial charge is 0.271 e. The monoisotopic (exact) mass is 309 g/mol. The van der Waals surface area contributed by atoms with Crippen molar-refractivity contribution in [2.75, 3.05) is 6.54 Å². The predicted molar refractivity (Wildman–Crippen MR) is 85.8 cm³/mol. The highest BCUT2D eigenvalue weighted by Crippen LogP contribution is 2.21. The Bertz CT molecular complexity index is 550. The number of carbonyl (C=O) groups excluding carboxylic acids is 1. The van der Waals surface area contributed by atoms with Crippen molar-refractivity contribution in [3.05, 3.63) is 28.2 Å². The topological polar surface area (TPSA) is 84.2 Å². The summed E-state index contributed by atoms with van der Waals surface area (Å²) in [6, 6.07) is 2.82. The molecule has 0 saturated heterocycles. The molecule has 0 aliphatic rings. The lowest BCUT2D eigenvalue weighted by molar-refractivity contribution is 0.0895. The van der Waals surface area contributed by atoms with Gasteiger partial charge in [0.15, 0.2) is 0 Å². The van der Waals surface area contributed by atoms with Gasteiger partial charge in [-0.3, -0.25) is 9.59 Å². The molecular formula is C16H27N3O3. The van der Waals surface area contributed by atoms with E-state index in [0.29, 0.717) is 19.5 Å². The molecule has 1 amide bonds. The van der Waals surface area contributed by atoms with Gasteiger partial charge in [-0.2, -0.15) is 5.10 Å². The Hall–Kier alpha value is -1.69. The third-order valence-electron chi connectivity index (χ3n) is 3.40. The normalized spacial score (nSPS) is 13.0. The molecule has 2 N–H and O–H groups in total. The number of carbonyl (C=O) groups is 1. The Kier molecular flexibility index (Phi) is 6.74. The van der Waals surface area contributed by atoms with E-state index in [2.05, 4.69) is 10.4 Å². The standard InChI is InChI=1S/C16H27N3O3/c1-5-6-9-19-14(21)8-7-13(18-19)15(22)17-11-16(3,4)10-12(2)20/h7-8,12,20H,5-6,9-11H2,1-4H3,(H,17,22). The number of aromatic nitrogens is 2. The molecule has 1 rings (SSSR count). The first kappa shape index (κ1) is 18.4. The van der Waals surface area contributed by atoms with Crippen molar-refractivity contribution >= 4 is 5.91 Å². The highest BCUT2D eigenvalue weighted by molar-refractivity contribution is 5.92. The lowest BCUT2D eigenvalue weighted by Gasteiger charge is -2.26. The number of hydrogen-bond acceptors (Lipinski definition) is 4. The van der Waals surface area contributed by atoms with Crippen LogP contribution in [0.25, 0.3) is 0 Å². The fourth-order valence-electron chi connectivity index (χ4n) is 2.32. The molecule has 0 aromatic carbocycles. The number of nitrogens with zero attached hydrogens (tertiary/aromatic N) is 2. The molecule has 6 heteroatoms. The molecule has 22 heavy (non-hydrogen) atoms. The zero-order valence-corrected chi connectivity index (χ0v) is 13.9. The highest BCUT2D eigenvalue weighted by atomic mass is 16.3. The van der Waals surface area contributed by atoms with Gasteiger partial charge in [0.2, 0.25) is 0 Å². The van der Waals surface area contributed by atoms with Gasteiger partial charge in [0.25, 0.3) is 11.5 Å². The average molecular weight is 309 g/mol. The molecule has 6 nitrogen and oxygen atoms in total. The number of amides is 1. The summed E-state index contributed by atoms with van der Waals surface area (Å²) >= 11 is 0. The van der Waals surface area contributed by atoms with Crippen LogP contribution in [0.5, 0.6) is 0 Å². The first-order valence-corrected chi connectivity index (χ1v) is 7.79. The maximum absolute atomic E-state index is 12.2. The quantitative estimate of drug-likeness (QED) is 0.763. The van der Waals surface area contributed by atoms with E-state index in [1.54, 1.807) is 6.92 Å². The molecule has 0 fully saturated rings. The van der Waals surface area contributed by atoms with E-state index in [0.717, 1.165) is 12.8 Å². The average Bonchev–Trinajstić information content (AvgIpc) is 2.42. The van der Waals surface area contributed by atoms with Crippen LogP contribution in [-0.2, 0) is 6.54 Å². The van der Waals surface area contributed by atoms with Crippen LogP contribution in [0.1, 0.15) is 57.4 Å². The minimum atomic E-state index is -0.416. The minimum Gasteiger partial charge on any atom is -0.393 e.